The van der Waals surface area contributed by atoms with Crippen molar-refractivity contribution in [3.63, 3.8) is 0 Å². The lowest BCUT2D eigenvalue weighted by Gasteiger charge is -2.15. The minimum atomic E-state index is -0.545. The van der Waals surface area contributed by atoms with Crippen LogP contribution in [0.25, 0.3) is 0 Å². The Hall–Kier alpha value is -2.12. The Morgan fingerprint density at radius 3 is 2.76 bits per heavy atom. The molecule has 2 N–H and O–H groups in total. The molecule has 8 heteroatoms. The van der Waals surface area contributed by atoms with Gasteiger partial charge in [0, 0.05) is 12.6 Å². The fourth-order valence-electron chi connectivity index (χ4n) is 2.13. The Labute approximate surface area is 123 Å². The number of aromatic nitrogens is 2. The van der Waals surface area contributed by atoms with Gasteiger partial charge < -0.3 is 10.6 Å². The van der Waals surface area contributed by atoms with Crippen molar-refractivity contribution in [2.45, 2.75) is 58.7 Å². The third-order valence-corrected chi connectivity index (χ3v) is 3.38. The van der Waals surface area contributed by atoms with Gasteiger partial charge in [-0.25, -0.2) is 4.68 Å². The second kappa shape index (κ2) is 6.11. The van der Waals surface area contributed by atoms with Gasteiger partial charge in [-0.2, -0.15) is 5.10 Å². The smallest absolute Gasteiger partial charge is 0.333 e. The van der Waals surface area contributed by atoms with Crippen LogP contribution in [0.4, 0.5) is 11.5 Å². The lowest BCUT2D eigenvalue weighted by molar-refractivity contribution is -0.384. The lowest BCUT2D eigenvalue weighted by atomic mass is 10.3. The normalized spacial score (nSPS) is 15.6. The number of aryl methyl sites for hydroxylation is 2. The van der Waals surface area contributed by atoms with Crippen molar-refractivity contribution < 1.29 is 9.72 Å². The summed E-state index contributed by atoms with van der Waals surface area (Å²) < 4.78 is 1.56. The van der Waals surface area contributed by atoms with E-state index in [2.05, 4.69) is 15.7 Å². The number of carbonyl (C=O) groups is 1. The van der Waals surface area contributed by atoms with E-state index in [-0.39, 0.29) is 17.6 Å². The van der Waals surface area contributed by atoms with Gasteiger partial charge in [0.2, 0.25) is 11.7 Å². The van der Waals surface area contributed by atoms with E-state index < -0.39 is 11.0 Å². The van der Waals surface area contributed by atoms with Crippen molar-refractivity contribution in [3.8, 4) is 0 Å². The molecule has 1 aliphatic rings. The largest absolute Gasteiger partial charge is 0.353 e. The molecule has 8 nitrogen and oxygen atoms in total. The van der Waals surface area contributed by atoms with Crippen molar-refractivity contribution in [1.29, 1.82) is 0 Å². The number of hydrogen-bond acceptors (Lipinski definition) is 5. The molecule has 0 radical (unpaired) electrons. The number of nitrogens with zero attached hydrogens (tertiary/aromatic N) is 3. The monoisotopic (exact) mass is 295 g/mol. The van der Waals surface area contributed by atoms with Crippen LogP contribution in [0, 0.1) is 17.0 Å². The first-order valence-electron chi connectivity index (χ1n) is 7.22. The molecule has 0 spiro atoms. The van der Waals surface area contributed by atoms with E-state index in [0.717, 1.165) is 19.3 Å². The van der Waals surface area contributed by atoms with Gasteiger partial charge in [-0.1, -0.05) is 6.92 Å². The Morgan fingerprint density at radius 2 is 2.24 bits per heavy atom. The summed E-state index contributed by atoms with van der Waals surface area (Å²) in [7, 11) is 0. The van der Waals surface area contributed by atoms with Crippen LogP contribution < -0.4 is 10.6 Å². The first-order valence-corrected chi connectivity index (χ1v) is 7.22. The van der Waals surface area contributed by atoms with Gasteiger partial charge in [0.25, 0.3) is 0 Å². The maximum absolute atomic E-state index is 12.0. The molecule has 1 fully saturated rings. The zero-order valence-corrected chi connectivity index (χ0v) is 12.5. The molecule has 116 valence electrons. The molecule has 0 bridgehead atoms. The minimum absolute atomic E-state index is 0.0606. The summed E-state index contributed by atoms with van der Waals surface area (Å²) in [5.74, 6) is 0.159. The van der Waals surface area contributed by atoms with Gasteiger partial charge >= 0.3 is 5.69 Å². The second-order valence-electron chi connectivity index (χ2n) is 5.41. The lowest BCUT2D eigenvalue weighted by Crippen LogP contribution is -2.39. The van der Waals surface area contributed by atoms with Crippen LogP contribution in [0.5, 0.6) is 0 Å². The number of amides is 1. The number of hydrogen-bond donors (Lipinski definition) is 2. The summed E-state index contributed by atoms with van der Waals surface area (Å²) in [6.45, 7) is 5.83. The molecule has 1 amide bonds. The van der Waals surface area contributed by atoms with Gasteiger partial charge in [-0.3, -0.25) is 14.9 Å². The van der Waals surface area contributed by atoms with Crippen LogP contribution in [0.3, 0.4) is 0 Å². The molecule has 1 aromatic rings. The highest BCUT2D eigenvalue weighted by Gasteiger charge is 2.30. The summed E-state index contributed by atoms with van der Waals surface area (Å²) in [5.41, 5.74) is 0.292. The molecule has 1 aromatic heterocycles. The molecule has 1 heterocycles. The summed E-state index contributed by atoms with van der Waals surface area (Å²) in [6.07, 6.45) is 2.81. The van der Waals surface area contributed by atoms with Gasteiger partial charge in [-0.15, -0.1) is 0 Å². The molecular weight excluding hydrogens is 274 g/mol. The molecular formula is C13H21N5O3. The molecule has 0 saturated heterocycles. The van der Waals surface area contributed by atoms with E-state index in [1.807, 2.05) is 6.92 Å². The Balaban J connectivity index is 2.19. The summed E-state index contributed by atoms with van der Waals surface area (Å²) in [4.78, 5) is 22.7. The molecule has 21 heavy (non-hydrogen) atoms. The van der Waals surface area contributed by atoms with Crippen LogP contribution in [0.1, 0.15) is 38.8 Å². The highest BCUT2D eigenvalue weighted by Crippen LogP contribution is 2.29. The maximum Gasteiger partial charge on any atom is 0.333 e. The topological polar surface area (TPSA) is 102 Å². The maximum atomic E-state index is 12.0. The fraction of sp³-hybridized carbons (Fsp3) is 0.692. The zero-order chi connectivity index (χ0) is 15.6. The van der Waals surface area contributed by atoms with Gasteiger partial charge in [-0.05, 0) is 33.1 Å². The minimum Gasteiger partial charge on any atom is -0.353 e. The van der Waals surface area contributed by atoms with Gasteiger partial charge in [0.15, 0.2) is 0 Å². The highest BCUT2D eigenvalue weighted by atomic mass is 16.6. The van der Waals surface area contributed by atoms with Crippen LogP contribution in [-0.4, -0.2) is 32.7 Å². The third kappa shape index (κ3) is 3.50. The molecule has 1 unspecified atom stereocenters. The molecule has 0 aliphatic heterocycles. The van der Waals surface area contributed by atoms with Crippen molar-refractivity contribution in [2.75, 3.05) is 5.32 Å². The average molecular weight is 295 g/mol. The number of carbonyl (C=O) groups excluding carboxylic acids is 1. The molecule has 1 atom stereocenters. The van der Waals surface area contributed by atoms with E-state index in [1.165, 1.54) is 0 Å². The molecule has 1 aliphatic carbocycles. The summed E-state index contributed by atoms with van der Waals surface area (Å²) in [6, 6.07) is -0.282. The van der Waals surface area contributed by atoms with Crippen LogP contribution >= 0.6 is 0 Å². The van der Waals surface area contributed by atoms with Crippen molar-refractivity contribution >= 4 is 17.4 Å². The first kappa shape index (κ1) is 15.3. The highest BCUT2D eigenvalue weighted by molar-refractivity contribution is 5.85. The number of nitro groups is 1. The number of nitrogens with one attached hydrogen (secondary N) is 2. The summed E-state index contributed by atoms with van der Waals surface area (Å²) >= 11 is 0. The Bertz CT molecular complexity index is 550. The van der Waals surface area contributed by atoms with E-state index in [9.17, 15) is 14.9 Å². The zero-order valence-electron chi connectivity index (χ0n) is 12.5. The van der Waals surface area contributed by atoms with E-state index in [0.29, 0.717) is 18.1 Å². The number of rotatable bonds is 7. The van der Waals surface area contributed by atoms with Gasteiger partial charge in [0.1, 0.15) is 11.7 Å². The molecule has 1 saturated carbocycles. The van der Waals surface area contributed by atoms with Crippen molar-refractivity contribution in [3.05, 3.63) is 15.8 Å². The standard InChI is InChI=1S/C13H21N5O3/c1-4-7-17-12(11(18(20)21)8(2)16-17)14-9(3)13(19)15-10-5-6-10/h9-10,14H,4-7H2,1-3H3,(H,15,19). The predicted molar refractivity (Wildman–Crippen MR) is 78.2 cm³/mol. The SMILES string of the molecule is CCCn1nc(C)c([N+](=O)[O-])c1NC(C)C(=O)NC1CC1. The number of anilines is 1. The Kier molecular flexibility index (Phi) is 4.44. The van der Waals surface area contributed by atoms with E-state index in [4.69, 9.17) is 0 Å². The predicted octanol–water partition coefficient (Wildman–Crippen LogP) is 1.59. The first-order chi connectivity index (χ1) is 9.93. The Morgan fingerprint density at radius 1 is 1.57 bits per heavy atom. The van der Waals surface area contributed by atoms with E-state index >= 15 is 0 Å². The van der Waals surface area contributed by atoms with E-state index in [1.54, 1.807) is 18.5 Å². The summed E-state index contributed by atoms with van der Waals surface area (Å²) in [5, 5.41) is 21.2. The van der Waals surface area contributed by atoms with Gasteiger partial charge in [0.05, 0.1) is 4.92 Å². The van der Waals surface area contributed by atoms with Crippen LogP contribution in [-0.2, 0) is 11.3 Å². The molecule has 2 rings (SSSR count). The van der Waals surface area contributed by atoms with Crippen molar-refractivity contribution in [2.24, 2.45) is 0 Å². The molecule has 0 aromatic carbocycles. The second-order valence-corrected chi connectivity index (χ2v) is 5.41. The third-order valence-electron chi connectivity index (χ3n) is 3.38. The fourth-order valence-corrected chi connectivity index (χ4v) is 2.13. The quantitative estimate of drug-likeness (QED) is 0.587. The van der Waals surface area contributed by atoms with Crippen LogP contribution in [0.2, 0.25) is 0 Å². The van der Waals surface area contributed by atoms with Crippen LogP contribution in [0.15, 0.2) is 0 Å². The average Bonchev–Trinajstić information content (AvgIpc) is 3.15. The van der Waals surface area contributed by atoms with Crippen molar-refractivity contribution in [1.82, 2.24) is 15.1 Å².